The Kier molecular flexibility index (Phi) is 8.64. The summed E-state index contributed by atoms with van der Waals surface area (Å²) in [6.07, 6.45) is 11.5. The van der Waals surface area contributed by atoms with Crippen LogP contribution in [0.2, 0.25) is 0 Å². The minimum Gasteiger partial charge on any atom is -0.0853 e. The first-order chi connectivity index (χ1) is 5.77. The summed E-state index contributed by atoms with van der Waals surface area (Å²) in [4.78, 5) is 0. The van der Waals surface area contributed by atoms with Crippen LogP contribution in [0.1, 0.15) is 51.9 Å². The average Bonchev–Trinajstić information content (AvgIpc) is 2.02. The van der Waals surface area contributed by atoms with E-state index in [-0.39, 0.29) is 0 Å². The average molecular weight is 166 g/mol. The molecule has 0 spiro atoms. The van der Waals surface area contributed by atoms with Crippen molar-refractivity contribution >= 4 is 0 Å². The molecule has 0 aliphatic heterocycles. The SMILES string of the molecule is [CH2]C([CH2])=CCCCCCCCC. The summed E-state index contributed by atoms with van der Waals surface area (Å²) in [7, 11) is 0. The fraction of sp³-hybridized carbons (Fsp3) is 0.667. The van der Waals surface area contributed by atoms with E-state index < -0.39 is 0 Å². The molecule has 0 unspecified atom stereocenters. The zero-order valence-corrected chi connectivity index (χ0v) is 8.44. The first-order valence-corrected chi connectivity index (χ1v) is 5.11. The summed E-state index contributed by atoms with van der Waals surface area (Å²) in [6.45, 7) is 9.72. The molecule has 0 atom stereocenters. The monoisotopic (exact) mass is 166 g/mol. The Morgan fingerprint density at radius 3 is 2.17 bits per heavy atom. The van der Waals surface area contributed by atoms with Crippen LogP contribution in [0.4, 0.5) is 0 Å². The van der Waals surface area contributed by atoms with E-state index in [4.69, 9.17) is 0 Å². The van der Waals surface area contributed by atoms with Gasteiger partial charge in [0.1, 0.15) is 0 Å². The third-order valence-electron chi connectivity index (χ3n) is 1.99. The van der Waals surface area contributed by atoms with Crippen LogP contribution in [0.5, 0.6) is 0 Å². The molecule has 0 heteroatoms. The van der Waals surface area contributed by atoms with Crippen LogP contribution in [-0.2, 0) is 0 Å². The molecule has 0 bridgehead atoms. The zero-order valence-electron chi connectivity index (χ0n) is 8.44. The lowest BCUT2D eigenvalue weighted by Crippen LogP contribution is -1.78. The smallest absolute Gasteiger partial charge is 0.0283 e. The maximum atomic E-state index is 3.74. The van der Waals surface area contributed by atoms with Gasteiger partial charge in [-0.25, -0.2) is 0 Å². The normalized spacial score (nSPS) is 9.92. The number of allylic oxidation sites excluding steroid dienone is 2. The van der Waals surface area contributed by atoms with Crippen molar-refractivity contribution in [3.63, 3.8) is 0 Å². The minimum atomic E-state index is 0.962. The van der Waals surface area contributed by atoms with E-state index >= 15 is 0 Å². The van der Waals surface area contributed by atoms with Gasteiger partial charge in [-0.15, -0.1) is 0 Å². The Labute approximate surface area is 78.1 Å². The number of hydrogen-bond donors (Lipinski definition) is 0. The van der Waals surface area contributed by atoms with Crippen LogP contribution in [0, 0.1) is 13.8 Å². The van der Waals surface area contributed by atoms with Gasteiger partial charge in [0, 0.05) is 0 Å². The molecule has 0 N–H and O–H groups in total. The van der Waals surface area contributed by atoms with Gasteiger partial charge in [0.05, 0.1) is 0 Å². The molecule has 70 valence electrons. The van der Waals surface area contributed by atoms with Crippen molar-refractivity contribution in [3.8, 4) is 0 Å². The van der Waals surface area contributed by atoms with Crippen LogP contribution in [0.15, 0.2) is 11.6 Å². The maximum Gasteiger partial charge on any atom is -0.0283 e. The van der Waals surface area contributed by atoms with Crippen molar-refractivity contribution < 1.29 is 0 Å². The highest BCUT2D eigenvalue weighted by atomic mass is 13.9. The van der Waals surface area contributed by atoms with Crippen LogP contribution >= 0.6 is 0 Å². The van der Waals surface area contributed by atoms with Crippen molar-refractivity contribution in [3.05, 3.63) is 25.5 Å². The van der Waals surface area contributed by atoms with Crippen molar-refractivity contribution in [1.29, 1.82) is 0 Å². The zero-order chi connectivity index (χ0) is 9.23. The molecule has 0 heterocycles. The van der Waals surface area contributed by atoms with Gasteiger partial charge in [0.25, 0.3) is 0 Å². The van der Waals surface area contributed by atoms with Crippen LogP contribution < -0.4 is 0 Å². The lowest BCUT2D eigenvalue weighted by molar-refractivity contribution is 0.611. The molecule has 0 fully saturated rings. The standard InChI is InChI=1S/C12H22/c1-4-5-6-7-8-9-10-11-12(2)3/h11H,2-10H2,1H3. The number of hydrogen-bond acceptors (Lipinski definition) is 0. The van der Waals surface area contributed by atoms with Gasteiger partial charge in [0.2, 0.25) is 0 Å². The van der Waals surface area contributed by atoms with Crippen LogP contribution in [-0.4, -0.2) is 0 Å². The Bertz CT molecular complexity index is 107. The molecule has 0 aromatic heterocycles. The lowest BCUT2D eigenvalue weighted by atomic mass is 10.1. The second kappa shape index (κ2) is 8.83. The molecule has 12 heavy (non-hydrogen) atoms. The first-order valence-electron chi connectivity index (χ1n) is 5.11. The van der Waals surface area contributed by atoms with Crippen molar-refractivity contribution in [1.82, 2.24) is 0 Å². The van der Waals surface area contributed by atoms with E-state index in [9.17, 15) is 0 Å². The molecule has 0 rings (SSSR count). The molecule has 0 aromatic carbocycles. The quantitative estimate of drug-likeness (QED) is 0.494. The van der Waals surface area contributed by atoms with E-state index in [1.54, 1.807) is 0 Å². The second-order valence-corrected chi connectivity index (χ2v) is 3.42. The van der Waals surface area contributed by atoms with Crippen molar-refractivity contribution in [2.24, 2.45) is 0 Å². The van der Waals surface area contributed by atoms with Gasteiger partial charge in [0.15, 0.2) is 0 Å². The highest BCUT2D eigenvalue weighted by molar-refractivity contribution is 5.07. The van der Waals surface area contributed by atoms with E-state index in [0.717, 1.165) is 12.0 Å². The third-order valence-corrected chi connectivity index (χ3v) is 1.99. The predicted octanol–water partition coefficient (Wildman–Crippen LogP) is 4.33. The molecule has 0 aromatic rings. The van der Waals surface area contributed by atoms with Crippen molar-refractivity contribution in [2.75, 3.05) is 0 Å². The van der Waals surface area contributed by atoms with E-state index in [0.29, 0.717) is 0 Å². The molecular weight excluding hydrogens is 144 g/mol. The highest BCUT2D eigenvalue weighted by Crippen LogP contribution is 2.07. The second-order valence-electron chi connectivity index (χ2n) is 3.42. The van der Waals surface area contributed by atoms with Gasteiger partial charge < -0.3 is 0 Å². The Morgan fingerprint density at radius 1 is 1.00 bits per heavy atom. The van der Waals surface area contributed by atoms with E-state index in [1.165, 1.54) is 38.5 Å². The number of unbranched alkanes of at least 4 members (excludes halogenated alkanes) is 6. The summed E-state index contributed by atoms with van der Waals surface area (Å²) in [5, 5.41) is 0. The highest BCUT2D eigenvalue weighted by Gasteiger charge is 1.88. The topological polar surface area (TPSA) is 0 Å². The molecular formula is C12H22. The molecule has 0 aliphatic carbocycles. The molecule has 0 saturated carbocycles. The minimum absolute atomic E-state index is 0.962. The van der Waals surface area contributed by atoms with E-state index in [1.807, 2.05) is 0 Å². The van der Waals surface area contributed by atoms with E-state index in [2.05, 4.69) is 26.8 Å². The molecule has 0 amide bonds. The largest absolute Gasteiger partial charge is 0.0853 e. The lowest BCUT2D eigenvalue weighted by Gasteiger charge is -1.97. The Morgan fingerprint density at radius 2 is 1.58 bits per heavy atom. The van der Waals surface area contributed by atoms with Crippen LogP contribution in [0.25, 0.3) is 0 Å². The van der Waals surface area contributed by atoms with Crippen LogP contribution in [0.3, 0.4) is 0 Å². The summed E-state index contributed by atoms with van der Waals surface area (Å²) in [6, 6.07) is 0. The predicted molar refractivity (Wildman–Crippen MR) is 56.8 cm³/mol. The summed E-state index contributed by atoms with van der Waals surface area (Å²) >= 11 is 0. The van der Waals surface area contributed by atoms with Gasteiger partial charge in [-0.1, -0.05) is 50.7 Å². The van der Waals surface area contributed by atoms with Gasteiger partial charge in [-0.3, -0.25) is 0 Å². The summed E-state index contributed by atoms with van der Waals surface area (Å²) < 4.78 is 0. The Hall–Kier alpha value is -0.260. The molecule has 2 radical (unpaired) electrons. The summed E-state index contributed by atoms with van der Waals surface area (Å²) in [5.41, 5.74) is 0.962. The third kappa shape index (κ3) is 9.74. The molecule has 0 saturated heterocycles. The first kappa shape index (κ1) is 11.7. The number of rotatable bonds is 7. The van der Waals surface area contributed by atoms with Crippen molar-refractivity contribution in [2.45, 2.75) is 51.9 Å². The molecule has 0 nitrogen and oxygen atoms in total. The fourth-order valence-corrected chi connectivity index (χ4v) is 1.23. The molecule has 0 aliphatic rings. The van der Waals surface area contributed by atoms with Gasteiger partial charge >= 0.3 is 0 Å². The summed E-state index contributed by atoms with van der Waals surface area (Å²) in [5.74, 6) is 0. The van der Waals surface area contributed by atoms with Gasteiger partial charge in [-0.2, -0.15) is 0 Å². The van der Waals surface area contributed by atoms with Gasteiger partial charge in [-0.05, 0) is 26.7 Å². The Balaban J connectivity index is 2.96. The maximum absolute atomic E-state index is 3.74. The fourth-order valence-electron chi connectivity index (χ4n) is 1.23.